The summed E-state index contributed by atoms with van der Waals surface area (Å²) in [4.78, 5) is 13.8. The summed E-state index contributed by atoms with van der Waals surface area (Å²) in [5.74, 6) is -0.621. The fourth-order valence-corrected chi connectivity index (χ4v) is 2.45. The summed E-state index contributed by atoms with van der Waals surface area (Å²) >= 11 is 1.93. The number of benzene rings is 2. The highest BCUT2D eigenvalue weighted by Gasteiger charge is 2.16. The van der Waals surface area contributed by atoms with E-state index in [2.05, 4.69) is 0 Å². The van der Waals surface area contributed by atoms with E-state index in [1.165, 1.54) is 23.1 Å². The smallest absolute Gasteiger partial charge is 0.259 e. The quantitative estimate of drug-likeness (QED) is 0.748. The van der Waals surface area contributed by atoms with Crippen LogP contribution in [0.1, 0.15) is 15.9 Å². The molecule has 0 unspecified atom stereocenters. The van der Waals surface area contributed by atoms with E-state index >= 15 is 0 Å². The van der Waals surface area contributed by atoms with E-state index in [4.69, 9.17) is 5.26 Å². The predicted octanol–water partition coefficient (Wildman–Crippen LogP) is 3.58. The first-order chi connectivity index (χ1) is 9.52. The molecule has 0 bridgehead atoms. The van der Waals surface area contributed by atoms with Crippen LogP contribution in [0.2, 0.25) is 0 Å². The molecule has 0 aromatic heterocycles. The molecular formula is C15H10FIN2O. The van der Waals surface area contributed by atoms with Crippen molar-refractivity contribution in [2.75, 3.05) is 11.9 Å². The van der Waals surface area contributed by atoms with Crippen LogP contribution in [0.15, 0.2) is 42.5 Å². The lowest BCUT2D eigenvalue weighted by Gasteiger charge is -2.18. The molecule has 0 N–H and O–H groups in total. The largest absolute Gasteiger partial charge is 0.311 e. The summed E-state index contributed by atoms with van der Waals surface area (Å²) in [5, 5.41) is 8.88. The Morgan fingerprint density at radius 1 is 1.30 bits per heavy atom. The predicted molar refractivity (Wildman–Crippen MR) is 83.0 cm³/mol. The molecule has 2 rings (SSSR count). The second-order valence-corrected chi connectivity index (χ2v) is 5.31. The molecule has 100 valence electrons. The number of amides is 1. The number of carbonyl (C=O) groups excluding carboxylic acids is 1. The highest BCUT2D eigenvalue weighted by molar-refractivity contribution is 14.1. The van der Waals surface area contributed by atoms with Crippen molar-refractivity contribution >= 4 is 34.2 Å². The van der Waals surface area contributed by atoms with Gasteiger partial charge in [-0.3, -0.25) is 4.79 Å². The standard InChI is InChI=1S/C15H10FIN2O/c1-19(12-4-2-3-10(7-12)9-18)15(20)13-6-5-11(16)8-14(13)17/h2-8H,1H3. The van der Waals surface area contributed by atoms with Crippen LogP contribution in [0.3, 0.4) is 0 Å². The Morgan fingerprint density at radius 2 is 2.05 bits per heavy atom. The summed E-state index contributed by atoms with van der Waals surface area (Å²) in [7, 11) is 1.62. The highest BCUT2D eigenvalue weighted by atomic mass is 127. The van der Waals surface area contributed by atoms with Crippen molar-refractivity contribution < 1.29 is 9.18 Å². The first-order valence-electron chi connectivity index (χ1n) is 5.76. The van der Waals surface area contributed by atoms with Gasteiger partial charge in [0.05, 0.1) is 17.2 Å². The van der Waals surface area contributed by atoms with Gasteiger partial charge in [-0.25, -0.2) is 4.39 Å². The topological polar surface area (TPSA) is 44.1 Å². The minimum Gasteiger partial charge on any atom is -0.311 e. The zero-order valence-electron chi connectivity index (χ0n) is 10.6. The minimum atomic E-state index is -0.375. The van der Waals surface area contributed by atoms with Gasteiger partial charge in [-0.05, 0) is 59.0 Å². The zero-order chi connectivity index (χ0) is 14.7. The Hall–Kier alpha value is -1.94. The maximum atomic E-state index is 13.1. The molecule has 2 aromatic carbocycles. The maximum absolute atomic E-state index is 13.1. The number of nitriles is 1. The van der Waals surface area contributed by atoms with E-state index in [1.807, 2.05) is 28.7 Å². The highest BCUT2D eigenvalue weighted by Crippen LogP contribution is 2.20. The zero-order valence-corrected chi connectivity index (χ0v) is 12.8. The van der Waals surface area contributed by atoms with E-state index in [1.54, 1.807) is 31.3 Å². The number of carbonyl (C=O) groups is 1. The third-order valence-electron chi connectivity index (χ3n) is 2.83. The molecule has 0 aliphatic heterocycles. The van der Waals surface area contributed by atoms with E-state index in [-0.39, 0.29) is 11.7 Å². The van der Waals surface area contributed by atoms with Crippen molar-refractivity contribution in [3.05, 3.63) is 63.0 Å². The lowest BCUT2D eigenvalue weighted by molar-refractivity contribution is 0.0992. The molecule has 0 saturated carbocycles. The molecule has 0 saturated heterocycles. The van der Waals surface area contributed by atoms with Crippen LogP contribution in [-0.4, -0.2) is 13.0 Å². The van der Waals surface area contributed by atoms with Gasteiger partial charge in [0.1, 0.15) is 5.82 Å². The monoisotopic (exact) mass is 380 g/mol. The lowest BCUT2D eigenvalue weighted by atomic mass is 10.1. The molecule has 0 radical (unpaired) electrons. The number of rotatable bonds is 2. The van der Waals surface area contributed by atoms with Gasteiger partial charge in [0.2, 0.25) is 0 Å². The first-order valence-corrected chi connectivity index (χ1v) is 6.84. The molecule has 2 aromatic rings. The van der Waals surface area contributed by atoms with Gasteiger partial charge in [-0.2, -0.15) is 5.26 Å². The maximum Gasteiger partial charge on any atom is 0.259 e. The minimum absolute atomic E-state index is 0.246. The molecule has 0 aliphatic rings. The van der Waals surface area contributed by atoms with Crippen molar-refractivity contribution in [3.63, 3.8) is 0 Å². The van der Waals surface area contributed by atoms with Crippen molar-refractivity contribution in [2.45, 2.75) is 0 Å². The molecule has 1 amide bonds. The van der Waals surface area contributed by atoms with Gasteiger partial charge in [0, 0.05) is 16.3 Å². The van der Waals surface area contributed by atoms with Gasteiger partial charge >= 0.3 is 0 Å². The van der Waals surface area contributed by atoms with Gasteiger partial charge < -0.3 is 4.90 Å². The van der Waals surface area contributed by atoms with Crippen LogP contribution in [0, 0.1) is 20.7 Å². The van der Waals surface area contributed by atoms with Gasteiger partial charge in [0.15, 0.2) is 0 Å². The van der Waals surface area contributed by atoms with Crippen molar-refractivity contribution in [1.29, 1.82) is 5.26 Å². The van der Waals surface area contributed by atoms with Crippen molar-refractivity contribution in [3.8, 4) is 6.07 Å². The Kier molecular flexibility index (Phi) is 4.35. The third-order valence-corrected chi connectivity index (χ3v) is 3.72. The Balaban J connectivity index is 2.35. The van der Waals surface area contributed by atoms with E-state index in [0.29, 0.717) is 20.4 Å². The fourth-order valence-electron chi connectivity index (χ4n) is 1.74. The van der Waals surface area contributed by atoms with Crippen LogP contribution in [0.25, 0.3) is 0 Å². The second kappa shape index (κ2) is 6.01. The molecule has 0 fully saturated rings. The van der Waals surface area contributed by atoms with Crippen LogP contribution in [-0.2, 0) is 0 Å². The van der Waals surface area contributed by atoms with Crippen LogP contribution in [0.5, 0.6) is 0 Å². The van der Waals surface area contributed by atoms with Crippen molar-refractivity contribution in [2.24, 2.45) is 0 Å². The number of hydrogen-bond donors (Lipinski definition) is 0. The van der Waals surface area contributed by atoms with Crippen molar-refractivity contribution in [1.82, 2.24) is 0 Å². The Bertz CT molecular complexity index is 709. The number of hydrogen-bond acceptors (Lipinski definition) is 2. The normalized spacial score (nSPS) is 9.90. The van der Waals surface area contributed by atoms with E-state index in [9.17, 15) is 9.18 Å². The number of anilines is 1. The average Bonchev–Trinajstić information content (AvgIpc) is 2.46. The molecular weight excluding hydrogens is 370 g/mol. The lowest BCUT2D eigenvalue weighted by Crippen LogP contribution is -2.27. The van der Waals surface area contributed by atoms with Crippen LogP contribution in [0.4, 0.5) is 10.1 Å². The van der Waals surface area contributed by atoms with Gasteiger partial charge in [0.25, 0.3) is 5.91 Å². The number of halogens is 2. The average molecular weight is 380 g/mol. The first kappa shape index (κ1) is 14.5. The van der Waals surface area contributed by atoms with Gasteiger partial charge in [-0.15, -0.1) is 0 Å². The molecule has 20 heavy (non-hydrogen) atoms. The summed E-state index contributed by atoms with van der Waals surface area (Å²) < 4.78 is 13.6. The Morgan fingerprint density at radius 3 is 2.70 bits per heavy atom. The summed E-state index contributed by atoms with van der Waals surface area (Å²) in [6.45, 7) is 0. The molecule has 0 atom stereocenters. The summed E-state index contributed by atoms with van der Waals surface area (Å²) in [6, 6.07) is 12.8. The fraction of sp³-hybridized carbons (Fsp3) is 0.0667. The summed E-state index contributed by atoms with van der Waals surface area (Å²) in [6.07, 6.45) is 0. The van der Waals surface area contributed by atoms with E-state index < -0.39 is 0 Å². The second-order valence-electron chi connectivity index (χ2n) is 4.15. The molecule has 0 spiro atoms. The molecule has 0 heterocycles. The summed E-state index contributed by atoms with van der Waals surface area (Å²) in [5.41, 5.74) is 1.53. The van der Waals surface area contributed by atoms with Crippen LogP contribution >= 0.6 is 22.6 Å². The number of nitrogens with zero attached hydrogens (tertiary/aromatic N) is 2. The van der Waals surface area contributed by atoms with Crippen LogP contribution < -0.4 is 4.90 Å². The molecule has 3 nitrogen and oxygen atoms in total. The Labute approximate surface area is 129 Å². The third kappa shape index (κ3) is 2.96. The van der Waals surface area contributed by atoms with Gasteiger partial charge in [-0.1, -0.05) is 6.07 Å². The van der Waals surface area contributed by atoms with E-state index in [0.717, 1.165) is 0 Å². The SMILES string of the molecule is CN(C(=O)c1ccc(F)cc1I)c1cccc(C#N)c1. The molecule has 0 aliphatic carbocycles. The molecule has 5 heteroatoms.